The van der Waals surface area contributed by atoms with Gasteiger partial charge in [0.15, 0.2) is 0 Å². The van der Waals surface area contributed by atoms with Crippen molar-refractivity contribution < 1.29 is 19.0 Å². The highest BCUT2D eigenvalue weighted by Gasteiger charge is 2.27. The fourth-order valence-corrected chi connectivity index (χ4v) is 3.76. The SMILES string of the molecule is COCCOCc1cnc(C)nc1C1CCCN(C(=O)Cc2ccc(OC)cc2)C1. The van der Waals surface area contributed by atoms with Crippen molar-refractivity contribution in [3.8, 4) is 5.75 Å². The van der Waals surface area contributed by atoms with Gasteiger partial charge in [-0.3, -0.25) is 4.79 Å². The zero-order valence-corrected chi connectivity index (χ0v) is 18.1. The molecule has 1 amide bonds. The Hall–Kier alpha value is -2.51. The van der Waals surface area contributed by atoms with E-state index in [2.05, 4.69) is 4.98 Å². The largest absolute Gasteiger partial charge is 0.497 e. The first-order valence-corrected chi connectivity index (χ1v) is 10.4. The molecule has 7 nitrogen and oxygen atoms in total. The van der Waals surface area contributed by atoms with Crippen molar-refractivity contribution in [2.45, 2.75) is 38.7 Å². The molecule has 2 aromatic rings. The molecule has 2 heterocycles. The Labute approximate surface area is 178 Å². The number of hydrogen-bond donors (Lipinski definition) is 0. The molecule has 1 aromatic carbocycles. The summed E-state index contributed by atoms with van der Waals surface area (Å²) in [5, 5.41) is 0. The minimum atomic E-state index is 0.147. The molecule has 1 unspecified atom stereocenters. The third-order valence-corrected chi connectivity index (χ3v) is 5.38. The van der Waals surface area contributed by atoms with Crippen molar-refractivity contribution in [3.05, 3.63) is 53.1 Å². The van der Waals surface area contributed by atoms with Crippen molar-refractivity contribution in [3.63, 3.8) is 0 Å². The molecular formula is C23H31N3O4. The molecule has 1 aliphatic rings. The van der Waals surface area contributed by atoms with Crippen LogP contribution >= 0.6 is 0 Å². The minimum Gasteiger partial charge on any atom is -0.497 e. The minimum absolute atomic E-state index is 0.147. The van der Waals surface area contributed by atoms with E-state index in [-0.39, 0.29) is 11.8 Å². The molecule has 1 aromatic heterocycles. The normalized spacial score (nSPS) is 16.5. The molecule has 162 valence electrons. The van der Waals surface area contributed by atoms with E-state index in [0.717, 1.165) is 47.8 Å². The monoisotopic (exact) mass is 413 g/mol. The van der Waals surface area contributed by atoms with Gasteiger partial charge in [0.05, 0.1) is 39.0 Å². The summed E-state index contributed by atoms with van der Waals surface area (Å²) in [6, 6.07) is 7.67. The number of methoxy groups -OCH3 is 2. The van der Waals surface area contributed by atoms with E-state index in [1.165, 1.54) is 0 Å². The van der Waals surface area contributed by atoms with Gasteiger partial charge in [0.1, 0.15) is 11.6 Å². The lowest BCUT2D eigenvalue weighted by Gasteiger charge is -2.33. The van der Waals surface area contributed by atoms with Crippen molar-refractivity contribution in [1.29, 1.82) is 0 Å². The number of aromatic nitrogens is 2. The molecular weight excluding hydrogens is 382 g/mol. The molecule has 0 radical (unpaired) electrons. The number of carbonyl (C=O) groups excluding carboxylic acids is 1. The van der Waals surface area contributed by atoms with Crippen molar-refractivity contribution >= 4 is 5.91 Å². The number of aryl methyl sites for hydroxylation is 1. The van der Waals surface area contributed by atoms with Gasteiger partial charge in [-0.15, -0.1) is 0 Å². The molecule has 0 aliphatic carbocycles. The Bertz CT molecular complexity index is 826. The van der Waals surface area contributed by atoms with E-state index in [1.807, 2.05) is 42.3 Å². The fraction of sp³-hybridized carbons (Fsp3) is 0.522. The summed E-state index contributed by atoms with van der Waals surface area (Å²) < 4.78 is 15.9. The number of likely N-dealkylation sites (tertiary alicyclic amines) is 1. The van der Waals surface area contributed by atoms with Crippen LogP contribution in [-0.2, 0) is 27.3 Å². The third kappa shape index (κ3) is 6.00. The van der Waals surface area contributed by atoms with Crippen LogP contribution in [0.25, 0.3) is 0 Å². The molecule has 1 saturated heterocycles. The fourth-order valence-electron chi connectivity index (χ4n) is 3.76. The molecule has 0 saturated carbocycles. The second-order valence-corrected chi connectivity index (χ2v) is 7.58. The molecule has 0 spiro atoms. The molecule has 7 heteroatoms. The summed E-state index contributed by atoms with van der Waals surface area (Å²) >= 11 is 0. The lowest BCUT2D eigenvalue weighted by Crippen LogP contribution is -2.40. The summed E-state index contributed by atoms with van der Waals surface area (Å²) in [4.78, 5) is 23.9. The second-order valence-electron chi connectivity index (χ2n) is 7.58. The highest BCUT2D eigenvalue weighted by Crippen LogP contribution is 2.29. The first-order chi connectivity index (χ1) is 14.6. The molecule has 30 heavy (non-hydrogen) atoms. The predicted molar refractivity (Wildman–Crippen MR) is 114 cm³/mol. The Morgan fingerprint density at radius 1 is 1.20 bits per heavy atom. The maximum absolute atomic E-state index is 12.9. The molecule has 1 atom stereocenters. The molecule has 1 aliphatic heterocycles. The second kappa shape index (κ2) is 11.0. The Morgan fingerprint density at radius 3 is 2.73 bits per heavy atom. The van der Waals surface area contributed by atoms with Gasteiger partial charge in [-0.05, 0) is 37.5 Å². The Kier molecular flexibility index (Phi) is 8.16. The highest BCUT2D eigenvalue weighted by molar-refractivity contribution is 5.79. The van der Waals surface area contributed by atoms with E-state index < -0.39 is 0 Å². The topological polar surface area (TPSA) is 73.8 Å². The van der Waals surface area contributed by atoms with E-state index >= 15 is 0 Å². The van der Waals surface area contributed by atoms with E-state index in [4.69, 9.17) is 19.2 Å². The first-order valence-electron chi connectivity index (χ1n) is 10.4. The van der Waals surface area contributed by atoms with E-state index in [1.54, 1.807) is 14.2 Å². The van der Waals surface area contributed by atoms with Gasteiger partial charge in [-0.1, -0.05) is 12.1 Å². The van der Waals surface area contributed by atoms with Gasteiger partial charge < -0.3 is 19.1 Å². The number of amides is 1. The number of carbonyl (C=O) groups is 1. The Morgan fingerprint density at radius 2 is 2.00 bits per heavy atom. The van der Waals surface area contributed by atoms with Gasteiger partial charge in [0, 0.05) is 37.9 Å². The summed E-state index contributed by atoms with van der Waals surface area (Å²) in [6.07, 6.45) is 4.22. The average Bonchev–Trinajstić information content (AvgIpc) is 2.78. The van der Waals surface area contributed by atoms with Gasteiger partial charge in [0.25, 0.3) is 0 Å². The molecule has 0 bridgehead atoms. The van der Waals surface area contributed by atoms with Gasteiger partial charge in [-0.2, -0.15) is 0 Å². The highest BCUT2D eigenvalue weighted by atomic mass is 16.5. The van der Waals surface area contributed by atoms with Crippen LogP contribution in [0.5, 0.6) is 5.75 Å². The summed E-state index contributed by atoms with van der Waals surface area (Å²) in [6.45, 7) is 4.90. The van der Waals surface area contributed by atoms with E-state index in [9.17, 15) is 4.79 Å². The zero-order valence-electron chi connectivity index (χ0n) is 18.1. The lowest BCUT2D eigenvalue weighted by atomic mass is 9.91. The van der Waals surface area contributed by atoms with Crippen molar-refractivity contribution in [1.82, 2.24) is 14.9 Å². The van der Waals surface area contributed by atoms with Crippen molar-refractivity contribution in [2.24, 2.45) is 0 Å². The maximum Gasteiger partial charge on any atom is 0.227 e. The molecule has 1 fully saturated rings. The first kappa shape index (κ1) is 22.2. The summed E-state index contributed by atoms with van der Waals surface area (Å²) in [5.41, 5.74) is 2.99. The predicted octanol–water partition coefficient (Wildman–Crippen LogP) is 2.91. The number of benzene rings is 1. The van der Waals surface area contributed by atoms with Gasteiger partial charge in [-0.25, -0.2) is 9.97 Å². The van der Waals surface area contributed by atoms with Crippen LogP contribution in [0.1, 0.15) is 41.4 Å². The van der Waals surface area contributed by atoms with Crippen LogP contribution in [0, 0.1) is 6.92 Å². The smallest absolute Gasteiger partial charge is 0.227 e. The van der Waals surface area contributed by atoms with Crippen molar-refractivity contribution in [2.75, 3.05) is 40.5 Å². The van der Waals surface area contributed by atoms with Gasteiger partial charge >= 0.3 is 0 Å². The maximum atomic E-state index is 12.9. The number of nitrogens with zero attached hydrogens (tertiary/aromatic N) is 3. The number of ether oxygens (including phenoxy) is 3. The summed E-state index contributed by atoms with van der Waals surface area (Å²) in [7, 11) is 3.29. The summed E-state index contributed by atoms with van der Waals surface area (Å²) in [5.74, 6) is 1.88. The lowest BCUT2D eigenvalue weighted by molar-refractivity contribution is -0.131. The zero-order chi connectivity index (χ0) is 21.3. The standard InChI is InChI=1S/C23H31N3O4/c1-17-24-14-20(16-30-12-11-28-2)23(25-17)19-5-4-10-26(15-19)22(27)13-18-6-8-21(29-3)9-7-18/h6-9,14,19H,4-5,10-13,15-16H2,1-3H3. The Balaban J connectivity index is 1.66. The van der Waals surface area contributed by atoms with E-state index in [0.29, 0.717) is 32.8 Å². The van der Waals surface area contributed by atoms with Crippen LogP contribution in [0.3, 0.4) is 0 Å². The number of hydrogen-bond acceptors (Lipinski definition) is 6. The molecule has 0 N–H and O–H groups in total. The van der Waals surface area contributed by atoms with Crippen LogP contribution < -0.4 is 4.74 Å². The number of piperidine rings is 1. The van der Waals surface area contributed by atoms with Crippen LogP contribution in [0.15, 0.2) is 30.5 Å². The molecule has 3 rings (SSSR count). The van der Waals surface area contributed by atoms with Crippen LogP contribution in [0.4, 0.5) is 0 Å². The van der Waals surface area contributed by atoms with Gasteiger partial charge in [0.2, 0.25) is 5.91 Å². The van der Waals surface area contributed by atoms with Crippen LogP contribution in [0.2, 0.25) is 0 Å². The van der Waals surface area contributed by atoms with Crippen LogP contribution in [-0.4, -0.2) is 61.3 Å². The average molecular weight is 414 g/mol. The third-order valence-electron chi connectivity index (χ3n) is 5.38. The quantitative estimate of drug-likeness (QED) is 0.589. The number of rotatable bonds is 9.